The molecule has 0 fully saturated rings. The molecule has 0 unspecified atom stereocenters. The van der Waals surface area contributed by atoms with E-state index in [9.17, 15) is 0 Å². The molecule has 0 radical (unpaired) electrons. The van der Waals surface area contributed by atoms with Crippen LogP contribution < -0.4 is 9.30 Å². The van der Waals surface area contributed by atoms with Gasteiger partial charge in [-0.3, -0.25) is 0 Å². The van der Waals surface area contributed by atoms with Gasteiger partial charge in [0.25, 0.3) is 0 Å². The molecule has 0 saturated heterocycles. The molecule has 2 heterocycles. The zero-order chi connectivity index (χ0) is 16.2. The normalized spacial score (nSPS) is 10.3. The van der Waals surface area contributed by atoms with Crippen LogP contribution in [0.3, 0.4) is 0 Å². The van der Waals surface area contributed by atoms with Gasteiger partial charge in [0, 0.05) is 11.8 Å². The van der Waals surface area contributed by atoms with E-state index in [1.165, 1.54) is 0 Å². The molecule has 0 aliphatic rings. The molecule has 0 aliphatic heterocycles. The number of imidazole rings is 1. The van der Waals surface area contributed by atoms with Crippen molar-refractivity contribution >= 4 is 21.6 Å². The molecule has 23 heavy (non-hydrogen) atoms. The first-order chi connectivity index (χ1) is 11.2. The zero-order valence-corrected chi connectivity index (χ0v) is 14.0. The average molecular weight is 370 g/mol. The Bertz CT molecular complexity index is 865. The van der Waals surface area contributed by atoms with Gasteiger partial charge in [-0.05, 0) is 46.6 Å². The number of pyridine rings is 1. The minimum Gasteiger partial charge on any atom is -0.421 e. The van der Waals surface area contributed by atoms with Crippen molar-refractivity contribution in [1.29, 1.82) is 0 Å². The van der Waals surface area contributed by atoms with Crippen LogP contribution in [-0.2, 0) is 6.54 Å². The van der Waals surface area contributed by atoms with Gasteiger partial charge < -0.3 is 4.74 Å². The largest absolute Gasteiger partial charge is 0.421 e. The summed E-state index contributed by atoms with van der Waals surface area (Å²) in [4.78, 5) is 10.7. The minimum absolute atomic E-state index is 0.593. The van der Waals surface area contributed by atoms with Crippen molar-refractivity contribution in [3.8, 4) is 11.6 Å². The van der Waals surface area contributed by atoms with Crippen LogP contribution in [0.1, 0.15) is 11.1 Å². The summed E-state index contributed by atoms with van der Waals surface area (Å²) in [7, 11) is 0. The first-order valence-corrected chi connectivity index (χ1v) is 7.77. The van der Waals surface area contributed by atoms with Gasteiger partial charge in [-0.2, -0.15) is 4.57 Å². The molecular formula is C17H14BrN4O+. The van der Waals surface area contributed by atoms with Crippen molar-refractivity contribution in [3.05, 3.63) is 76.2 Å². The number of aromatic amines is 1. The molecule has 0 aliphatic carbocycles. The van der Waals surface area contributed by atoms with E-state index in [0.29, 0.717) is 23.9 Å². The molecular weight excluding hydrogens is 356 g/mol. The van der Waals surface area contributed by atoms with Gasteiger partial charge in [0.2, 0.25) is 6.33 Å². The van der Waals surface area contributed by atoms with Crippen molar-refractivity contribution < 1.29 is 9.30 Å². The van der Waals surface area contributed by atoms with Gasteiger partial charge in [-0.25, -0.2) is 14.8 Å². The monoisotopic (exact) mass is 369 g/mol. The van der Waals surface area contributed by atoms with Crippen molar-refractivity contribution in [2.24, 2.45) is 0 Å². The van der Waals surface area contributed by atoms with Crippen LogP contribution in [0, 0.1) is 13.5 Å². The fraction of sp³-hybridized carbons (Fsp3) is 0.118. The fourth-order valence-electron chi connectivity index (χ4n) is 2.17. The molecule has 1 N–H and O–H groups in total. The maximum Gasteiger partial charge on any atom is 0.330 e. The summed E-state index contributed by atoms with van der Waals surface area (Å²) in [6.45, 7) is 9.63. The third-order valence-corrected chi connectivity index (χ3v) is 4.16. The zero-order valence-electron chi connectivity index (χ0n) is 12.5. The Kier molecular flexibility index (Phi) is 4.40. The highest BCUT2D eigenvalue weighted by atomic mass is 79.9. The summed E-state index contributed by atoms with van der Waals surface area (Å²) in [5.74, 6) is 1.39. The number of benzene rings is 1. The van der Waals surface area contributed by atoms with Crippen molar-refractivity contribution in [2.45, 2.75) is 13.5 Å². The topological polar surface area (TPSA) is 46.1 Å². The van der Waals surface area contributed by atoms with Gasteiger partial charge >= 0.3 is 5.88 Å². The smallest absolute Gasteiger partial charge is 0.330 e. The molecule has 0 spiro atoms. The molecule has 114 valence electrons. The van der Waals surface area contributed by atoms with Gasteiger partial charge in [-0.1, -0.05) is 12.1 Å². The lowest BCUT2D eigenvalue weighted by molar-refractivity contribution is -0.690. The second-order valence-corrected chi connectivity index (χ2v) is 5.82. The van der Waals surface area contributed by atoms with E-state index in [2.05, 4.69) is 36.8 Å². The van der Waals surface area contributed by atoms with Crippen molar-refractivity contribution in [1.82, 2.24) is 9.97 Å². The summed E-state index contributed by atoms with van der Waals surface area (Å²) in [6, 6.07) is 9.14. The Morgan fingerprint density at radius 2 is 2.13 bits per heavy atom. The number of nitrogens with one attached hydrogen (secondary N) is 1. The Hall–Kier alpha value is -2.65. The quantitative estimate of drug-likeness (QED) is 0.426. The van der Waals surface area contributed by atoms with Crippen LogP contribution in [0.15, 0.2) is 53.7 Å². The minimum atomic E-state index is 0.593. The van der Waals surface area contributed by atoms with E-state index in [0.717, 1.165) is 15.7 Å². The predicted molar refractivity (Wildman–Crippen MR) is 89.5 cm³/mol. The molecule has 0 amide bonds. The van der Waals surface area contributed by atoms with E-state index in [1.807, 2.05) is 24.0 Å². The van der Waals surface area contributed by atoms with Crippen molar-refractivity contribution in [2.75, 3.05) is 0 Å². The average Bonchev–Trinajstić information content (AvgIpc) is 2.98. The highest BCUT2D eigenvalue weighted by Gasteiger charge is 2.13. The molecule has 5 nitrogen and oxygen atoms in total. The number of ether oxygens (including phenoxy) is 1. The van der Waals surface area contributed by atoms with E-state index < -0.39 is 0 Å². The van der Waals surface area contributed by atoms with Crippen LogP contribution >= 0.6 is 15.9 Å². The summed E-state index contributed by atoms with van der Waals surface area (Å²) < 4.78 is 8.70. The van der Waals surface area contributed by atoms with E-state index in [-0.39, 0.29) is 0 Å². The molecule has 3 rings (SSSR count). The molecule has 1 aromatic carbocycles. The van der Waals surface area contributed by atoms with E-state index in [1.54, 1.807) is 30.5 Å². The molecule has 6 heteroatoms. The Morgan fingerprint density at radius 3 is 2.83 bits per heavy atom. The van der Waals surface area contributed by atoms with Crippen LogP contribution in [0.25, 0.3) is 4.85 Å². The molecule has 0 bridgehead atoms. The number of hydrogen-bond acceptors (Lipinski definition) is 2. The second-order valence-electron chi connectivity index (χ2n) is 5.07. The van der Waals surface area contributed by atoms with E-state index >= 15 is 0 Å². The van der Waals surface area contributed by atoms with Gasteiger partial charge in [-0.15, -0.1) is 0 Å². The van der Waals surface area contributed by atoms with E-state index in [4.69, 9.17) is 11.3 Å². The fourth-order valence-corrected chi connectivity index (χ4v) is 2.38. The lowest BCUT2D eigenvalue weighted by atomic mass is 10.2. The number of halogens is 1. The lowest BCUT2D eigenvalue weighted by Gasteiger charge is -2.05. The van der Waals surface area contributed by atoms with Gasteiger partial charge in [0.05, 0.1) is 6.57 Å². The van der Waals surface area contributed by atoms with Gasteiger partial charge in [0.15, 0.2) is 11.9 Å². The molecule has 2 aromatic heterocycles. The highest BCUT2D eigenvalue weighted by Crippen LogP contribution is 2.22. The molecule has 0 saturated carbocycles. The van der Waals surface area contributed by atoms with Crippen LogP contribution in [0.2, 0.25) is 0 Å². The summed E-state index contributed by atoms with van der Waals surface area (Å²) >= 11 is 3.41. The standard InChI is InChI=1S/C17H13BrN4O/c1-12-7-13(8-21-17(12)18)10-22-11-20-9-16(22)23-15-5-3-14(19-2)4-6-15/h3-9,11H,10H2,1H3/p+1. The maximum atomic E-state index is 6.97. The first kappa shape index (κ1) is 15.3. The third kappa shape index (κ3) is 3.58. The lowest BCUT2D eigenvalue weighted by Crippen LogP contribution is -2.33. The Balaban J connectivity index is 1.78. The second kappa shape index (κ2) is 6.63. The first-order valence-electron chi connectivity index (χ1n) is 6.98. The maximum absolute atomic E-state index is 6.97. The van der Waals surface area contributed by atoms with Crippen LogP contribution in [0.4, 0.5) is 5.69 Å². The number of hydrogen-bond donors (Lipinski definition) is 1. The number of H-pyrrole nitrogens is 1. The number of nitrogens with zero attached hydrogens (tertiary/aromatic N) is 3. The summed E-state index contributed by atoms with van der Waals surface area (Å²) in [5, 5.41) is 0. The highest BCUT2D eigenvalue weighted by molar-refractivity contribution is 9.10. The number of aromatic nitrogens is 3. The third-order valence-electron chi connectivity index (χ3n) is 3.33. The SMILES string of the molecule is [C-]#[N+]c1ccc(Oc2c[nH]c[n+]2Cc2cnc(Br)c(C)c2)cc1. The van der Waals surface area contributed by atoms with Crippen LogP contribution in [-0.4, -0.2) is 9.97 Å². The molecule has 0 atom stereocenters. The number of rotatable bonds is 4. The Morgan fingerprint density at radius 1 is 1.35 bits per heavy atom. The van der Waals surface area contributed by atoms with Crippen molar-refractivity contribution in [3.63, 3.8) is 0 Å². The van der Waals surface area contributed by atoms with Crippen LogP contribution in [0.5, 0.6) is 11.6 Å². The predicted octanol–water partition coefficient (Wildman–Crippen LogP) is 4.16. The number of aryl methyl sites for hydroxylation is 1. The molecule has 3 aromatic rings. The van der Waals surface area contributed by atoms with Gasteiger partial charge in [0.1, 0.15) is 16.9 Å². The summed E-state index contributed by atoms with van der Waals surface area (Å²) in [5.41, 5.74) is 2.77. The summed E-state index contributed by atoms with van der Waals surface area (Å²) in [6.07, 6.45) is 5.48. The Labute approximate surface area is 142 Å².